The molecule has 1 heterocycles. The molecular weight excluding hydrogens is 364 g/mol. The Bertz CT molecular complexity index is 773. The van der Waals surface area contributed by atoms with Gasteiger partial charge < -0.3 is 15.2 Å². The van der Waals surface area contributed by atoms with Gasteiger partial charge in [0, 0.05) is 17.8 Å². The fourth-order valence-corrected chi connectivity index (χ4v) is 3.75. The van der Waals surface area contributed by atoms with Crippen LogP contribution in [0.3, 0.4) is 0 Å². The van der Waals surface area contributed by atoms with E-state index in [2.05, 4.69) is 29.2 Å². The van der Waals surface area contributed by atoms with Crippen LogP contribution < -0.4 is 10.5 Å². The smallest absolute Gasteiger partial charge is 0.341 e. The summed E-state index contributed by atoms with van der Waals surface area (Å²) in [4.78, 5) is 15.3. The average molecular weight is 397 g/mol. The van der Waals surface area contributed by atoms with E-state index in [0.29, 0.717) is 30.2 Å². The van der Waals surface area contributed by atoms with E-state index in [4.69, 9.17) is 15.2 Å². The number of benzene rings is 2. The van der Waals surface area contributed by atoms with Gasteiger partial charge >= 0.3 is 5.97 Å². The van der Waals surface area contributed by atoms with Gasteiger partial charge in [-0.05, 0) is 56.5 Å². The van der Waals surface area contributed by atoms with E-state index < -0.39 is 0 Å². The Labute approximate surface area is 173 Å². The van der Waals surface area contributed by atoms with Crippen molar-refractivity contribution in [3.05, 3.63) is 59.7 Å². The van der Waals surface area contributed by atoms with Crippen molar-refractivity contribution >= 4 is 11.7 Å². The van der Waals surface area contributed by atoms with Crippen LogP contribution in [-0.2, 0) is 11.2 Å². The van der Waals surface area contributed by atoms with Gasteiger partial charge in [-0.1, -0.05) is 43.7 Å². The normalized spacial score (nSPS) is 15.6. The number of esters is 1. The second-order valence-electron chi connectivity index (χ2n) is 7.64. The molecule has 1 saturated heterocycles. The third kappa shape index (κ3) is 6.23. The predicted molar refractivity (Wildman–Crippen MR) is 116 cm³/mol. The molecule has 0 unspecified atom stereocenters. The standard InChI is InChI=1S/C24H32N2O3/c1-2-15-28-23-17-20(25)11-12-22(23)24(27)29-18-21(26-13-7-4-8-14-26)16-19-9-5-3-6-10-19/h3,5-6,9-12,17,21H,2,4,7-8,13-16,18,25H2,1H3/t21-/m0/s1. The van der Waals surface area contributed by atoms with E-state index in [1.54, 1.807) is 18.2 Å². The highest BCUT2D eigenvalue weighted by molar-refractivity contribution is 5.93. The number of nitrogens with zero attached hydrogens (tertiary/aromatic N) is 1. The highest BCUT2D eigenvalue weighted by Gasteiger charge is 2.24. The quantitative estimate of drug-likeness (QED) is 0.505. The van der Waals surface area contributed by atoms with Gasteiger partial charge in [-0.25, -0.2) is 4.79 Å². The topological polar surface area (TPSA) is 64.8 Å². The molecule has 0 spiro atoms. The first-order chi connectivity index (χ1) is 14.2. The Morgan fingerprint density at radius 2 is 1.86 bits per heavy atom. The number of likely N-dealkylation sites (tertiary alicyclic amines) is 1. The van der Waals surface area contributed by atoms with Crippen molar-refractivity contribution in [2.24, 2.45) is 0 Å². The number of hydrogen-bond donors (Lipinski definition) is 1. The monoisotopic (exact) mass is 396 g/mol. The zero-order valence-corrected chi connectivity index (χ0v) is 17.3. The van der Waals surface area contributed by atoms with E-state index in [0.717, 1.165) is 25.9 Å². The summed E-state index contributed by atoms with van der Waals surface area (Å²) in [6, 6.07) is 15.7. The zero-order chi connectivity index (χ0) is 20.5. The van der Waals surface area contributed by atoms with Gasteiger partial charge in [0.2, 0.25) is 0 Å². The number of anilines is 1. The molecule has 0 bridgehead atoms. The lowest BCUT2D eigenvalue weighted by atomic mass is 10.0. The molecule has 3 rings (SSSR count). The number of ether oxygens (including phenoxy) is 2. The summed E-state index contributed by atoms with van der Waals surface area (Å²) in [6.45, 7) is 5.04. The molecule has 0 radical (unpaired) electrons. The largest absolute Gasteiger partial charge is 0.493 e. The minimum Gasteiger partial charge on any atom is -0.493 e. The molecule has 5 nitrogen and oxygen atoms in total. The van der Waals surface area contributed by atoms with Crippen LogP contribution in [0.4, 0.5) is 5.69 Å². The molecular formula is C24H32N2O3. The van der Waals surface area contributed by atoms with Crippen LogP contribution in [-0.4, -0.2) is 43.2 Å². The molecule has 1 aliphatic rings. The van der Waals surface area contributed by atoms with Gasteiger partial charge in [0.25, 0.3) is 0 Å². The molecule has 0 amide bonds. The maximum Gasteiger partial charge on any atom is 0.341 e. The van der Waals surface area contributed by atoms with Crippen LogP contribution >= 0.6 is 0 Å². The molecule has 0 saturated carbocycles. The van der Waals surface area contributed by atoms with Gasteiger partial charge in [0.05, 0.1) is 6.61 Å². The molecule has 2 aromatic rings. The van der Waals surface area contributed by atoms with Crippen LogP contribution in [0.15, 0.2) is 48.5 Å². The third-order valence-electron chi connectivity index (χ3n) is 5.32. The summed E-state index contributed by atoms with van der Waals surface area (Å²) in [7, 11) is 0. The van der Waals surface area contributed by atoms with Gasteiger partial charge in [-0.3, -0.25) is 4.90 Å². The zero-order valence-electron chi connectivity index (χ0n) is 17.3. The summed E-state index contributed by atoms with van der Waals surface area (Å²) in [6.07, 6.45) is 5.41. The molecule has 2 N–H and O–H groups in total. The van der Waals surface area contributed by atoms with Crippen molar-refractivity contribution < 1.29 is 14.3 Å². The minimum absolute atomic E-state index is 0.176. The Morgan fingerprint density at radius 1 is 1.10 bits per heavy atom. The van der Waals surface area contributed by atoms with Crippen LogP contribution in [0, 0.1) is 0 Å². The summed E-state index contributed by atoms with van der Waals surface area (Å²) < 4.78 is 11.5. The van der Waals surface area contributed by atoms with Crippen LogP contribution in [0.1, 0.15) is 48.5 Å². The lowest BCUT2D eigenvalue weighted by Crippen LogP contribution is -2.43. The summed E-state index contributed by atoms with van der Waals surface area (Å²) in [5, 5.41) is 0. The van der Waals surface area contributed by atoms with Crippen molar-refractivity contribution in [3.8, 4) is 5.75 Å². The van der Waals surface area contributed by atoms with Gasteiger partial charge in [-0.2, -0.15) is 0 Å². The lowest BCUT2D eigenvalue weighted by Gasteiger charge is -2.34. The molecule has 0 aliphatic carbocycles. The highest BCUT2D eigenvalue weighted by atomic mass is 16.5. The Balaban J connectivity index is 1.69. The first kappa shape index (κ1) is 21.2. The van der Waals surface area contributed by atoms with E-state index in [-0.39, 0.29) is 12.0 Å². The maximum absolute atomic E-state index is 12.8. The third-order valence-corrected chi connectivity index (χ3v) is 5.32. The Kier molecular flexibility index (Phi) is 7.94. The number of nitrogen functional groups attached to an aromatic ring is 1. The number of piperidine rings is 1. The molecule has 1 fully saturated rings. The van der Waals surface area contributed by atoms with Gasteiger partial charge in [0.1, 0.15) is 17.9 Å². The lowest BCUT2D eigenvalue weighted by molar-refractivity contribution is 0.0316. The van der Waals surface area contributed by atoms with Crippen molar-refractivity contribution in [2.45, 2.75) is 45.1 Å². The number of nitrogens with two attached hydrogens (primary N) is 1. The SMILES string of the molecule is CCCOc1cc(N)ccc1C(=O)OC[C@H](Cc1ccccc1)N1CCCCC1. The summed E-state index contributed by atoms with van der Waals surface area (Å²) in [5.41, 5.74) is 8.14. The van der Waals surface area contributed by atoms with Gasteiger partial charge in [0.15, 0.2) is 0 Å². The van der Waals surface area contributed by atoms with Crippen molar-refractivity contribution in [2.75, 3.05) is 32.0 Å². The predicted octanol–water partition coefficient (Wildman–Crippen LogP) is 4.31. The second-order valence-corrected chi connectivity index (χ2v) is 7.64. The molecule has 2 aromatic carbocycles. The fourth-order valence-electron chi connectivity index (χ4n) is 3.75. The molecule has 1 atom stereocenters. The molecule has 156 valence electrons. The second kappa shape index (κ2) is 10.9. The average Bonchev–Trinajstić information content (AvgIpc) is 2.76. The Hall–Kier alpha value is -2.53. The maximum atomic E-state index is 12.8. The summed E-state index contributed by atoms with van der Waals surface area (Å²) >= 11 is 0. The van der Waals surface area contributed by atoms with E-state index in [1.165, 1.54) is 24.8 Å². The Morgan fingerprint density at radius 3 is 2.59 bits per heavy atom. The first-order valence-corrected chi connectivity index (χ1v) is 10.6. The molecule has 29 heavy (non-hydrogen) atoms. The van der Waals surface area contributed by atoms with Crippen LogP contribution in [0.2, 0.25) is 0 Å². The molecule has 5 heteroatoms. The number of rotatable bonds is 9. The van der Waals surface area contributed by atoms with Crippen molar-refractivity contribution in [3.63, 3.8) is 0 Å². The van der Waals surface area contributed by atoms with Gasteiger partial charge in [-0.15, -0.1) is 0 Å². The summed E-state index contributed by atoms with van der Waals surface area (Å²) in [5.74, 6) is 0.139. The number of hydrogen-bond acceptors (Lipinski definition) is 5. The first-order valence-electron chi connectivity index (χ1n) is 10.6. The van der Waals surface area contributed by atoms with E-state index in [1.807, 2.05) is 13.0 Å². The van der Waals surface area contributed by atoms with Crippen molar-refractivity contribution in [1.82, 2.24) is 4.90 Å². The molecule has 1 aliphatic heterocycles. The van der Waals surface area contributed by atoms with Crippen LogP contribution in [0.5, 0.6) is 5.75 Å². The number of carbonyl (C=O) groups is 1. The van der Waals surface area contributed by atoms with E-state index in [9.17, 15) is 4.79 Å². The highest BCUT2D eigenvalue weighted by Crippen LogP contribution is 2.24. The van der Waals surface area contributed by atoms with Crippen LogP contribution in [0.25, 0.3) is 0 Å². The number of carbonyl (C=O) groups excluding carboxylic acids is 1. The van der Waals surface area contributed by atoms with E-state index >= 15 is 0 Å². The minimum atomic E-state index is -0.355. The fraction of sp³-hybridized carbons (Fsp3) is 0.458. The molecule has 0 aromatic heterocycles. The van der Waals surface area contributed by atoms with Crippen molar-refractivity contribution in [1.29, 1.82) is 0 Å².